The predicted molar refractivity (Wildman–Crippen MR) is 66.2 cm³/mol. The van der Waals surface area contributed by atoms with Crippen LogP contribution in [0.15, 0.2) is 4.99 Å². The van der Waals surface area contributed by atoms with Crippen LogP contribution >= 0.6 is 0 Å². The Morgan fingerprint density at radius 2 is 2.07 bits per heavy atom. The Kier molecular flexibility index (Phi) is 5.69. The van der Waals surface area contributed by atoms with Crippen LogP contribution in [0.25, 0.3) is 0 Å². The van der Waals surface area contributed by atoms with Crippen LogP contribution in [0.4, 0.5) is 0 Å². The van der Waals surface area contributed by atoms with Gasteiger partial charge in [-0.1, -0.05) is 13.8 Å². The second-order valence-electron chi connectivity index (χ2n) is 4.69. The zero-order chi connectivity index (χ0) is 11.1. The van der Waals surface area contributed by atoms with Crippen LogP contribution in [0.2, 0.25) is 0 Å². The van der Waals surface area contributed by atoms with Crippen molar-refractivity contribution in [1.82, 2.24) is 4.90 Å². The second kappa shape index (κ2) is 6.83. The normalized spacial score (nSPS) is 20.8. The minimum atomic E-state index is 0.638. The van der Waals surface area contributed by atoms with Gasteiger partial charge in [-0.2, -0.15) is 0 Å². The van der Waals surface area contributed by atoms with E-state index in [-0.39, 0.29) is 0 Å². The van der Waals surface area contributed by atoms with Gasteiger partial charge in [-0.05, 0) is 38.3 Å². The molecule has 1 rings (SSSR count). The summed E-state index contributed by atoms with van der Waals surface area (Å²) in [6.07, 6.45) is 4.77. The van der Waals surface area contributed by atoms with E-state index in [4.69, 9.17) is 5.73 Å². The number of nitrogens with two attached hydrogens (primary N) is 1. The molecular formula is C12H25N3. The third kappa shape index (κ3) is 5.17. The Balaban J connectivity index is 2.16. The maximum atomic E-state index is 5.78. The molecule has 15 heavy (non-hydrogen) atoms. The standard InChI is InChI=1S/C12H25N3/c1-3-6-12(13)14-9-11(2)10-15-7-4-5-8-15/h11H,3-10H2,1-2H3,(H2,13,14). The molecule has 0 aliphatic carbocycles. The first-order valence-electron chi connectivity index (χ1n) is 6.23. The van der Waals surface area contributed by atoms with Crippen molar-refractivity contribution >= 4 is 5.84 Å². The molecule has 3 nitrogen and oxygen atoms in total. The van der Waals surface area contributed by atoms with Crippen LogP contribution in [-0.2, 0) is 0 Å². The Bertz CT molecular complexity index is 195. The van der Waals surface area contributed by atoms with Crippen LogP contribution in [0.1, 0.15) is 39.5 Å². The van der Waals surface area contributed by atoms with Gasteiger partial charge in [0.15, 0.2) is 0 Å². The number of nitrogens with zero attached hydrogens (tertiary/aromatic N) is 2. The first-order valence-corrected chi connectivity index (χ1v) is 6.23. The largest absolute Gasteiger partial charge is 0.387 e. The predicted octanol–water partition coefficient (Wildman–Crippen LogP) is 1.88. The van der Waals surface area contributed by atoms with Crippen molar-refractivity contribution in [2.24, 2.45) is 16.6 Å². The quantitative estimate of drug-likeness (QED) is 0.538. The molecule has 0 aromatic carbocycles. The van der Waals surface area contributed by atoms with Gasteiger partial charge in [-0.15, -0.1) is 0 Å². The van der Waals surface area contributed by atoms with E-state index in [0.29, 0.717) is 5.92 Å². The van der Waals surface area contributed by atoms with E-state index < -0.39 is 0 Å². The summed E-state index contributed by atoms with van der Waals surface area (Å²) in [7, 11) is 0. The molecule has 1 aliphatic rings. The molecule has 1 atom stereocenters. The zero-order valence-electron chi connectivity index (χ0n) is 10.2. The third-order valence-corrected chi connectivity index (χ3v) is 2.88. The van der Waals surface area contributed by atoms with E-state index in [1.807, 2.05) is 0 Å². The maximum absolute atomic E-state index is 5.78. The van der Waals surface area contributed by atoms with E-state index >= 15 is 0 Å². The number of hydrogen-bond acceptors (Lipinski definition) is 2. The van der Waals surface area contributed by atoms with Gasteiger partial charge < -0.3 is 10.6 Å². The summed E-state index contributed by atoms with van der Waals surface area (Å²) in [5.74, 6) is 1.46. The Morgan fingerprint density at radius 1 is 1.40 bits per heavy atom. The SMILES string of the molecule is CCCC(N)=NCC(C)CN1CCCC1. The molecule has 1 unspecified atom stereocenters. The highest BCUT2D eigenvalue weighted by Gasteiger charge is 2.14. The summed E-state index contributed by atoms with van der Waals surface area (Å²) in [6.45, 7) is 9.03. The number of amidine groups is 1. The summed E-state index contributed by atoms with van der Waals surface area (Å²) in [5, 5.41) is 0. The molecule has 2 N–H and O–H groups in total. The lowest BCUT2D eigenvalue weighted by Crippen LogP contribution is -2.27. The van der Waals surface area contributed by atoms with Crippen LogP contribution < -0.4 is 5.73 Å². The number of likely N-dealkylation sites (tertiary alicyclic amines) is 1. The smallest absolute Gasteiger partial charge is 0.0937 e. The van der Waals surface area contributed by atoms with Crippen LogP contribution in [-0.4, -0.2) is 36.9 Å². The summed E-state index contributed by atoms with van der Waals surface area (Å²) in [6, 6.07) is 0. The van der Waals surface area contributed by atoms with E-state index in [2.05, 4.69) is 23.7 Å². The fraction of sp³-hybridized carbons (Fsp3) is 0.917. The lowest BCUT2D eigenvalue weighted by molar-refractivity contribution is 0.291. The molecule has 88 valence electrons. The minimum Gasteiger partial charge on any atom is -0.387 e. The Morgan fingerprint density at radius 3 is 2.67 bits per heavy atom. The van der Waals surface area contributed by atoms with Crippen molar-refractivity contribution in [3.8, 4) is 0 Å². The number of rotatable bonds is 6. The number of aliphatic imine (C=N–C) groups is 1. The van der Waals surface area contributed by atoms with Crippen LogP contribution in [0, 0.1) is 5.92 Å². The Labute approximate surface area is 93.7 Å². The lowest BCUT2D eigenvalue weighted by atomic mass is 10.1. The monoisotopic (exact) mass is 211 g/mol. The fourth-order valence-corrected chi connectivity index (χ4v) is 2.07. The van der Waals surface area contributed by atoms with Gasteiger partial charge in [-0.3, -0.25) is 4.99 Å². The summed E-state index contributed by atoms with van der Waals surface area (Å²) in [4.78, 5) is 6.96. The van der Waals surface area contributed by atoms with Crippen molar-refractivity contribution in [3.63, 3.8) is 0 Å². The molecule has 1 aliphatic heterocycles. The molecule has 3 heteroatoms. The molecule has 0 spiro atoms. The van der Waals surface area contributed by atoms with Crippen molar-refractivity contribution in [1.29, 1.82) is 0 Å². The summed E-state index contributed by atoms with van der Waals surface area (Å²) in [5.41, 5.74) is 5.78. The van der Waals surface area contributed by atoms with E-state index in [1.54, 1.807) is 0 Å². The molecule has 0 radical (unpaired) electrons. The van der Waals surface area contributed by atoms with Crippen molar-refractivity contribution < 1.29 is 0 Å². The molecule has 0 aromatic rings. The van der Waals surface area contributed by atoms with E-state index in [9.17, 15) is 0 Å². The van der Waals surface area contributed by atoms with Gasteiger partial charge in [0.1, 0.15) is 0 Å². The highest BCUT2D eigenvalue weighted by Crippen LogP contribution is 2.10. The van der Waals surface area contributed by atoms with Gasteiger partial charge in [0.2, 0.25) is 0 Å². The Hall–Kier alpha value is -0.570. The first kappa shape index (κ1) is 12.5. The van der Waals surface area contributed by atoms with E-state index in [0.717, 1.165) is 25.2 Å². The van der Waals surface area contributed by atoms with Gasteiger partial charge in [0, 0.05) is 19.5 Å². The zero-order valence-corrected chi connectivity index (χ0v) is 10.2. The average Bonchev–Trinajstić information content (AvgIpc) is 2.68. The first-order chi connectivity index (χ1) is 7.22. The molecule has 1 saturated heterocycles. The maximum Gasteiger partial charge on any atom is 0.0937 e. The summed E-state index contributed by atoms with van der Waals surface area (Å²) < 4.78 is 0. The van der Waals surface area contributed by atoms with Gasteiger partial charge in [0.05, 0.1) is 5.84 Å². The highest BCUT2D eigenvalue weighted by atomic mass is 15.1. The number of hydrogen-bond donors (Lipinski definition) is 1. The minimum absolute atomic E-state index is 0.638. The molecule has 1 heterocycles. The van der Waals surface area contributed by atoms with Crippen molar-refractivity contribution in [2.75, 3.05) is 26.2 Å². The lowest BCUT2D eigenvalue weighted by Gasteiger charge is -2.18. The van der Waals surface area contributed by atoms with Gasteiger partial charge in [0.25, 0.3) is 0 Å². The highest BCUT2D eigenvalue weighted by molar-refractivity contribution is 5.80. The molecule has 0 bridgehead atoms. The molecule has 0 amide bonds. The molecule has 0 saturated carbocycles. The third-order valence-electron chi connectivity index (χ3n) is 2.88. The van der Waals surface area contributed by atoms with Crippen LogP contribution in [0.3, 0.4) is 0 Å². The van der Waals surface area contributed by atoms with E-state index in [1.165, 1.54) is 32.5 Å². The fourth-order valence-electron chi connectivity index (χ4n) is 2.07. The molecule has 0 aromatic heterocycles. The van der Waals surface area contributed by atoms with Crippen LogP contribution in [0.5, 0.6) is 0 Å². The van der Waals surface area contributed by atoms with Gasteiger partial charge >= 0.3 is 0 Å². The van der Waals surface area contributed by atoms with Gasteiger partial charge in [-0.25, -0.2) is 0 Å². The topological polar surface area (TPSA) is 41.6 Å². The molecule has 1 fully saturated rings. The average molecular weight is 211 g/mol. The van der Waals surface area contributed by atoms with Crippen molar-refractivity contribution in [3.05, 3.63) is 0 Å². The van der Waals surface area contributed by atoms with Crippen molar-refractivity contribution in [2.45, 2.75) is 39.5 Å². The summed E-state index contributed by atoms with van der Waals surface area (Å²) >= 11 is 0. The second-order valence-corrected chi connectivity index (χ2v) is 4.69. The molecular weight excluding hydrogens is 186 g/mol.